The predicted octanol–water partition coefficient (Wildman–Crippen LogP) is 3.81. The van der Waals surface area contributed by atoms with Gasteiger partial charge in [-0.05, 0) is 51.7 Å². The molecule has 2 heterocycles. The Morgan fingerprint density at radius 2 is 2.20 bits per heavy atom. The molecule has 2 atom stereocenters. The van der Waals surface area contributed by atoms with Crippen molar-refractivity contribution in [3.63, 3.8) is 0 Å². The van der Waals surface area contributed by atoms with Gasteiger partial charge in [0, 0.05) is 30.2 Å². The van der Waals surface area contributed by atoms with Crippen LogP contribution < -0.4 is 5.32 Å². The zero-order valence-electron chi connectivity index (χ0n) is 15.5. The molecule has 2 aromatic rings. The van der Waals surface area contributed by atoms with Crippen molar-refractivity contribution in [3.8, 4) is 0 Å². The molecule has 1 aliphatic carbocycles. The maximum Gasteiger partial charge on any atom is 0.255 e. The van der Waals surface area contributed by atoms with E-state index in [0.717, 1.165) is 49.3 Å². The van der Waals surface area contributed by atoms with Crippen LogP contribution in [0.2, 0.25) is 0 Å². The van der Waals surface area contributed by atoms with E-state index in [-0.39, 0.29) is 18.1 Å². The first kappa shape index (κ1) is 17.9. The molecular formula is C20H29N3O2. The van der Waals surface area contributed by atoms with Gasteiger partial charge in [0.1, 0.15) is 5.65 Å². The third-order valence-corrected chi connectivity index (χ3v) is 5.01. The summed E-state index contributed by atoms with van der Waals surface area (Å²) in [7, 11) is 0. The summed E-state index contributed by atoms with van der Waals surface area (Å²) in [5, 5.41) is 3.17. The molecule has 0 spiro atoms. The number of hydrogen-bond donors (Lipinski definition) is 1. The van der Waals surface area contributed by atoms with Gasteiger partial charge >= 0.3 is 0 Å². The van der Waals surface area contributed by atoms with E-state index >= 15 is 0 Å². The van der Waals surface area contributed by atoms with E-state index in [1.54, 1.807) is 0 Å². The van der Waals surface area contributed by atoms with Gasteiger partial charge < -0.3 is 14.5 Å². The van der Waals surface area contributed by atoms with Gasteiger partial charge in [0.05, 0.1) is 11.7 Å². The minimum Gasteiger partial charge on any atom is -0.378 e. The number of aryl methyl sites for hydroxylation is 2. The summed E-state index contributed by atoms with van der Waals surface area (Å²) >= 11 is 0. The molecule has 0 radical (unpaired) electrons. The third kappa shape index (κ3) is 4.21. The molecule has 136 valence electrons. The van der Waals surface area contributed by atoms with Crippen LogP contribution >= 0.6 is 0 Å². The van der Waals surface area contributed by atoms with Crippen LogP contribution in [-0.2, 0) is 4.74 Å². The Hall–Kier alpha value is -1.88. The number of aromatic nitrogens is 2. The van der Waals surface area contributed by atoms with Crippen molar-refractivity contribution in [2.75, 3.05) is 6.61 Å². The number of carbonyl (C=O) groups is 1. The quantitative estimate of drug-likeness (QED) is 0.778. The summed E-state index contributed by atoms with van der Waals surface area (Å²) in [4.78, 5) is 17.2. The second-order valence-electron chi connectivity index (χ2n) is 7.15. The Labute approximate surface area is 149 Å². The minimum atomic E-state index is -0.0309. The van der Waals surface area contributed by atoms with Crippen LogP contribution in [-0.4, -0.2) is 34.0 Å². The molecule has 0 saturated heterocycles. The van der Waals surface area contributed by atoms with Gasteiger partial charge in [0.25, 0.3) is 5.91 Å². The standard InChI is InChI=1S/C20H29N3O2/c1-4-5-6-11-25-17-8-7-16(13-17)22-20(24)18-9-10-23-15(3)12-14(2)21-19(18)23/h9-10,12,16-17H,4-8,11,13H2,1-3H3,(H,22,24)/t16?,17-/m0/s1. The Morgan fingerprint density at radius 3 is 3.00 bits per heavy atom. The average molecular weight is 343 g/mol. The van der Waals surface area contributed by atoms with Crippen LogP contribution in [0.1, 0.15) is 67.2 Å². The van der Waals surface area contributed by atoms with Gasteiger partial charge in [-0.15, -0.1) is 0 Å². The molecule has 1 amide bonds. The smallest absolute Gasteiger partial charge is 0.255 e. The van der Waals surface area contributed by atoms with Gasteiger partial charge in [-0.25, -0.2) is 4.98 Å². The maximum absolute atomic E-state index is 12.7. The number of nitrogens with zero attached hydrogens (tertiary/aromatic N) is 2. The minimum absolute atomic E-state index is 0.0309. The highest BCUT2D eigenvalue weighted by Crippen LogP contribution is 2.23. The number of rotatable bonds is 7. The molecule has 1 unspecified atom stereocenters. The van der Waals surface area contributed by atoms with E-state index in [0.29, 0.717) is 5.56 Å². The van der Waals surface area contributed by atoms with Crippen LogP contribution in [0.3, 0.4) is 0 Å². The van der Waals surface area contributed by atoms with Crippen molar-refractivity contribution in [1.82, 2.24) is 14.7 Å². The Kier molecular flexibility index (Phi) is 5.74. The van der Waals surface area contributed by atoms with E-state index in [4.69, 9.17) is 4.74 Å². The molecule has 5 heteroatoms. The molecule has 5 nitrogen and oxygen atoms in total. The normalized spacial score (nSPS) is 20.3. The number of hydrogen-bond acceptors (Lipinski definition) is 3. The summed E-state index contributed by atoms with van der Waals surface area (Å²) in [5.41, 5.74) is 3.40. The molecule has 3 rings (SSSR count). The molecule has 2 aromatic heterocycles. The monoisotopic (exact) mass is 343 g/mol. The van der Waals surface area contributed by atoms with Gasteiger partial charge in [0.2, 0.25) is 0 Å². The van der Waals surface area contributed by atoms with Crippen LogP contribution in [0.25, 0.3) is 5.65 Å². The number of nitrogens with one attached hydrogen (secondary N) is 1. The highest BCUT2D eigenvalue weighted by Gasteiger charge is 2.27. The van der Waals surface area contributed by atoms with Crippen molar-refractivity contribution in [1.29, 1.82) is 0 Å². The molecule has 1 aliphatic rings. The van der Waals surface area contributed by atoms with Gasteiger partial charge in [-0.1, -0.05) is 19.8 Å². The Bertz CT molecular complexity index is 738. The second-order valence-corrected chi connectivity index (χ2v) is 7.15. The summed E-state index contributed by atoms with van der Waals surface area (Å²) in [5.74, 6) is -0.0309. The summed E-state index contributed by atoms with van der Waals surface area (Å²) in [6.45, 7) is 7.02. The number of amides is 1. The molecule has 1 saturated carbocycles. The van der Waals surface area contributed by atoms with Gasteiger partial charge in [-0.3, -0.25) is 4.79 Å². The molecule has 0 aliphatic heterocycles. The Morgan fingerprint density at radius 1 is 1.36 bits per heavy atom. The van der Waals surface area contributed by atoms with E-state index in [9.17, 15) is 4.79 Å². The lowest BCUT2D eigenvalue weighted by atomic mass is 10.2. The lowest BCUT2D eigenvalue weighted by Gasteiger charge is -2.14. The number of unbranched alkanes of at least 4 members (excludes halogenated alkanes) is 2. The van der Waals surface area contributed by atoms with Crippen molar-refractivity contribution >= 4 is 11.6 Å². The second kappa shape index (κ2) is 8.00. The van der Waals surface area contributed by atoms with Crippen molar-refractivity contribution in [3.05, 3.63) is 35.3 Å². The zero-order chi connectivity index (χ0) is 17.8. The molecular weight excluding hydrogens is 314 g/mol. The molecule has 1 N–H and O–H groups in total. The van der Waals surface area contributed by atoms with Crippen LogP contribution in [0.15, 0.2) is 18.3 Å². The number of carbonyl (C=O) groups excluding carboxylic acids is 1. The SMILES string of the molecule is CCCCCO[C@H]1CCC(NC(=O)c2ccn3c(C)cc(C)nc23)C1. The average Bonchev–Trinajstić information content (AvgIpc) is 3.18. The van der Waals surface area contributed by atoms with Gasteiger partial charge in [0.15, 0.2) is 0 Å². The third-order valence-electron chi connectivity index (χ3n) is 5.01. The van der Waals surface area contributed by atoms with E-state index in [1.165, 1.54) is 12.8 Å². The van der Waals surface area contributed by atoms with Crippen molar-refractivity contribution in [2.24, 2.45) is 0 Å². The van der Waals surface area contributed by atoms with E-state index < -0.39 is 0 Å². The number of fused-ring (bicyclic) bond motifs is 1. The first-order valence-electron chi connectivity index (χ1n) is 9.46. The zero-order valence-corrected chi connectivity index (χ0v) is 15.5. The van der Waals surface area contributed by atoms with Crippen LogP contribution in [0, 0.1) is 13.8 Å². The fourth-order valence-corrected chi connectivity index (χ4v) is 3.66. The fourth-order valence-electron chi connectivity index (χ4n) is 3.66. The lowest BCUT2D eigenvalue weighted by molar-refractivity contribution is 0.0540. The van der Waals surface area contributed by atoms with E-state index in [2.05, 4.69) is 17.2 Å². The number of ether oxygens (including phenoxy) is 1. The predicted molar refractivity (Wildman–Crippen MR) is 99.0 cm³/mol. The molecule has 25 heavy (non-hydrogen) atoms. The Balaban J connectivity index is 1.58. The van der Waals surface area contributed by atoms with Crippen molar-refractivity contribution in [2.45, 2.75) is 71.4 Å². The lowest BCUT2D eigenvalue weighted by Crippen LogP contribution is -2.33. The highest BCUT2D eigenvalue weighted by atomic mass is 16.5. The summed E-state index contributed by atoms with van der Waals surface area (Å²) < 4.78 is 7.91. The van der Waals surface area contributed by atoms with Gasteiger partial charge in [-0.2, -0.15) is 0 Å². The van der Waals surface area contributed by atoms with Crippen LogP contribution in [0.5, 0.6) is 0 Å². The van der Waals surface area contributed by atoms with E-state index in [1.807, 2.05) is 36.6 Å². The molecule has 0 aromatic carbocycles. The maximum atomic E-state index is 12.7. The fraction of sp³-hybridized carbons (Fsp3) is 0.600. The largest absolute Gasteiger partial charge is 0.378 e. The molecule has 1 fully saturated rings. The summed E-state index contributed by atoms with van der Waals surface area (Å²) in [6, 6.07) is 4.08. The van der Waals surface area contributed by atoms with Crippen LogP contribution in [0.4, 0.5) is 0 Å². The highest BCUT2D eigenvalue weighted by molar-refractivity contribution is 6.00. The molecule has 0 bridgehead atoms. The topological polar surface area (TPSA) is 55.6 Å². The van der Waals surface area contributed by atoms with Crippen molar-refractivity contribution < 1.29 is 9.53 Å². The first-order valence-corrected chi connectivity index (χ1v) is 9.46. The summed E-state index contributed by atoms with van der Waals surface area (Å²) in [6.07, 6.45) is 8.70. The first-order chi connectivity index (χ1) is 12.1.